The standard InChI is InChI=1S/C13H20O/c1-3-5-13-10-11(2)7-8-12(13)6-4-9-14/h7-8,10,14H,3-6,9H2,1-2H3. The normalized spacial score (nSPS) is 10.5. The number of aryl methyl sites for hydroxylation is 3. The lowest BCUT2D eigenvalue weighted by atomic mass is 9.97. The summed E-state index contributed by atoms with van der Waals surface area (Å²) in [5.74, 6) is 0. The molecule has 1 aromatic carbocycles. The minimum Gasteiger partial charge on any atom is -0.396 e. The number of aliphatic hydroxyl groups is 1. The third kappa shape index (κ3) is 3.15. The van der Waals surface area contributed by atoms with Gasteiger partial charge in [0.25, 0.3) is 0 Å². The molecular weight excluding hydrogens is 172 g/mol. The fourth-order valence-electron chi connectivity index (χ4n) is 1.77. The van der Waals surface area contributed by atoms with Crippen molar-refractivity contribution in [1.29, 1.82) is 0 Å². The van der Waals surface area contributed by atoms with Crippen LogP contribution >= 0.6 is 0 Å². The molecule has 0 heterocycles. The van der Waals surface area contributed by atoms with Gasteiger partial charge < -0.3 is 5.11 Å². The van der Waals surface area contributed by atoms with E-state index >= 15 is 0 Å². The Morgan fingerprint density at radius 3 is 2.57 bits per heavy atom. The van der Waals surface area contributed by atoms with Crippen LogP contribution in [0.5, 0.6) is 0 Å². The first-order valence-electron chi connectivity index (χ1n) is 5.47. The third-order valence-corrected chi connectivity index (χ3v) is 2.49. The first kappa shape index (κ1) is 11.3. The van der Waals surface area contributed by atoms with E-state index in [1.807, 2.05) is 0 Å². The molecule has 1 heteroatoms. The monoisotopic (exact) mass is 192 g/mol. The second-order valence-electron chi connectivity index (χ2n) is 3.85. The van der Waals surface area contributed by atoms with Crippen LogP contribution in [0.4, 0.5) is 0 Å². The summed E-state index contributed by atoms with van der Waals surface area (Å²) in [6, 6.07) is 6.64. The van der Waals surface area contributed by atoms with Gasteiger partial charge in [0.15, 0.2) is 0 Å². The lowest BCUT2D eigenvalue weighted by molar-refractivity contribution is 0.288. The third-order valence-electron chi connectivity index (χ3n) is 2.49. The predicted molar refractivity (Wildman–Crippen MR) is 60.6 cm³/mol. The lowest BCUT2D eigenvalue weighted by Crippen LogP contribution is -1.96. The summed E-state index contributed by atoms with van der Waals surface area (Å²) in [6.07, 6.45) is 4.23. The van der Waals surface area contributed by atoms with Crippen LogP contribution in [0, 0.1) is 6.92 Å². The highest BCUT2D eigenvalue weighted by molar-refractivity contribution is 5.31. The van der Waals surface area contributed by atoms with E-state index in [2.05, 4.69) is 32.0 Å². The smallest absolute Gasteiger partial charge is 0.0434 e. The topological polar surface area (TPSA) is 20.2 Å². The number of rotatable bonds is 5. The van der Waals surface area contributed by atoms with Crippen LogP contribution in [-0.2, 0) is 12.8 Å². The first-order valence-corrected chi connectivity index (χ1v) is 5.47. The molecule has 0 aliphatic carbocycles. The molecule has 0 aliphatic heterocycles. The molecule has 0 radical (unpaired) electrons. The van der Waals surface area contributed by atoms with Gasteiger partial charge >= 0.3 is 0 Å². The maximum atomic E-state index is 8.80. The van der Waals surface area contributed by atoms with Crippen molar-refractivity contribution in [2.45, 2.75) is 39.5 Å². The average molecular weight is 192 g/mol. The van der Waals surface area contributed by atoms with Crippen molar-refractivity contribution in [3.8, 4) is 0 Å². The molecule has 0 unspecified atom stereocenters. The Morgan fingerprint density at radius 2 is 1.93 bits per heavy atom. The van der Waals surface area contributed by atoms with Gasteiger partial charge in [-0.25, -0.2) is 0 Å². The fraction of sp³-hybridized carbons (Fsp3) is 0.538. The molecule has 0 fully saturated rings. The van der Waals surface area contributed by atoms with E-state index in [-0.39, 0.29) is 0 Å². The molecule has 0 aliphatic rings. The van der Waals surface area contributed by atoms with E-state index in [4.69, 9.17) is 5.11 Å². The summed E-state index contributed by atoms with van der Waals surface area (Å²) < 4.78 is 0. The van der Waals surface area contributed by atoms with Crippen molar-refractivity contribution in [2.75, 3.05) is 6.61 Å². The molecule has 0 aromatic heterocycles. The molecule has 0 atom stereocenters. The van der Waals surface area contributed by atoms with E-state index in [0.717, 1.165) is 19.3 Å². The summed E-state index contributed by atoms with van der Waals surface area (Å²) in [7, 11) is 0. The summed E-state index contributed by atoms with van der Waals surface area (Å²) in [5.41, 5.74) is 4.20. The van der Waals surface area contributed by atoms with Crippen LogP contribution in [0.1, 0.15) is 36.5 Å². The van der Waals surface area contributed by atoms with E-state index < -0.39 is 0 Å². The molecule has 78 valence electrons. The first-order chi connectivity index (χ1) is 6.77. The van der Waals surface area contributed by atoms with Gasteiger partial charge in [-0.1, -0.05) is 37.1 Å². The SMILES string of the molecule is CCCc1cc(C)ccc1CCCO. The van der Waals surface area contributed by atoms with Crippen molar-refractivity contribution in [2.24, 2.45) is 0 Å². The summed E-state index contributed by atoms with van der Waals surface area (Å²) >= 11 is 0. The molecule has 0 amide bonds. The van der Waals surface area contributed by atoms with Gasteiger partial charge in [0.2, 0.25) is 0 Å². The van der Waals surface area contributed by atoms with Crippen molar-refractivity contribution in [1.82, 2.24) is 0 Å². The Balaban J connectivity index is 2.78. The molecule has 0 spiro atoms. The van der Waals surface area contributed by atoms with E-state index in [1.54, 1.807) is 0 Å². The fourth-order valence-corrected chi connectivity index (χ4v) is 1.77. The molecule has 0 saturated heterocycles. The van der Waals surface area contributed by atoms with E-state index in [0.29, 0.717) is 6.61 Å². The number of hydrogen-bond acceptors (Lipinski definition) is 1. The largest absolute Gasteiger partial charge is 0.396 e. The van der Waals surface area contributed by atoms with E-state index in [9.17, 15) is 0 Å². The molecule has 1 nitrogen and oxygen atoms in total. The van der Waals surface area contributed by atoms with Crippen LogP contribution in [0.2, 0.25) is 0 Å². The van der Waals surface area contributed by atoms with E-state index in [1.165, 1.54) is 23.1 Å². The highest BCUT2D eigenvalue weighted by Crippen LogP contribution is 2.15. The molecule has 1 N–H and O–H groups in total. The van der Waals surface area contributed by atoms with Crippen LogP contribution in [0.25, 0.3) is 0 Å². The average Bonchev–Trinajstić information content (AvgIpc) is 2.17. The minimum absolute atomic E-state index is 0.291. The molecule has 0 bridgehead atoms. The summed E-state index contributed by atoms with van der Waals surface area (Å²) in [6.45, 7) is 4.63. The Bertz CT molecular complexity index is 279. The zero-order valence-electron chi connectivity index (χ0n) is 9.21. The van der Waals surface area contributed by atoms with Crippen molar-refractivity contribution < 1.29 is 5.11 Å². The van der Waals surface area contributed by atoms with Gasteiger partial charge in [-0.05, 0) is 37.3 Å². The maximum absolute atomic E-state index is 8.80. The van der Waals surface area contributed by atoms with Crippen LogP contribution < -0.4 is 0 Å². The van der Waals surface area contributed by atoms with Gasteiger partial charge in [-0.2, -0.15) is 0 Å². The summed E-state index contributed by atoms with van der Waals surface area (Å²) in [4.78, 5) is 0. The van der Waals surface area contributed by atoms with Gasteiger partial charge in [-0.3, -0.25) is 0 Å². The van der Waals surface area contributed by atoms with Gasteiger partial charge in [0.1, 0.15) is 0 Å². The van der Waals surface area contributed by atoms with Crippen molar-refractivity contribution in [3.05, 3.63) is 34.9 Å². The highest BCUT2D eigenvalue weighted by atomic mass is 16.2. The minimum atomic E-state index is 0.291. The number of aliphatic hydroxyl groups excluding tert-OH is 1. The molecule has 14 heavy (non-hydrogen) atoms. The highest BCUT2D eigenvalue weighted by Gasteiger charge is 2.01. The molecule has 1 rings (SSSR count). The maximum Gasteiger partial charge on any atom is 0.0434 e. The summed E-state index contributed by atoms with van der Waals surface area (Å²) in [5, 5.41) is 8.80. The number of hydrogen-bond donors (Lipinski definition) is 1. The van der Waals surface area contributed by atoms with Crippen LogP contribution in [-0.4, -0.2) is 11.7 Å². The van der Waals surface area contributed by atoms with Gasteiger partial charge in [0.05, 0.1) is 0 Å². The van der Waals surface area contributed by atoms with Crippen molar-refractivity contribution in [3.63, 3.8) is 0 Å². The second kappa shape index (κ2) is 5.82. The quantitative estimate of drug-likeness (QED) is 0.760. The Kier molecular flexibility index (Phi) is 4.68. The Morgan fingerprint density at radius 1 is 1.14 bits per heavy atom. The zero-order valence-corrected chi connectivity index (χ0v) is 9.21. The Hall–Kier alpha value is -0.820. The number of benzene rings is 1. The van der Waals surface area contributed by atoms with Crippen molar-refractivity contribution >= 4 is 0 Å². The zero-order chi connectivity index (χ0) is 10.4. The van der Waals surface area contributed by atoms with Crippen LogP contribution in [0.15, 0.2) is 18.2 Å². The molecule has 1 aromatic rings. The molecule has 0 saturated carbocycles. The van der Waals surface area contributed by atoms with Gasteiger partial charge in [-0.15, -0.1) is 0 Å². The van der Waals surface area contributed by atoms with Gasteiger partial charge in [0, 0.05) is 6.61 Å². The predicted octanol–water partition coefficient (Wildman–Crippen LogP) is 2.87. The molecular formula is C13H20O. The Labute approximate surface area is 86.8 Å². The van der Waals surface area contributed by atoms with Crippen LogP contribution in [0.3, 0.4) is 0 Å². The second-order valence-corrected chi connectivity index (χ2v) is 3.85. The lowest BCUT2D eigenvalue weighted by Gasteiger charge is -2.09.